The van der Waals surface area contributed by atoms with Gasteiger partial charge in [-0.2, -0.15) is 10.2 Å². The smallest absolute Gasteiger partial charge is 0.261 e. The van der Waals surface area contributed by atoms with Crippen molar-refractivity contribution in [3.05, 3.63) is 108 Å². The summed E-state index contributed by atoms with van der Waals surface area (Å²) in [5, 5.41) is 11.6. The van der Waals surface area contributed by atoms with Gasteiger partial charge < -0.3 is 13.9 Å². The van der Waals surface area contributed by atoms with Gasteiger partial charge in [-0.1, -0.05) is 93.6 Å². The molecule has 0 atom stereocenters. The van der Waals surface area contributed by atoms with Gasteiger partial charge in [0.2, 0.25) is 11.7 Å². The lowest BCUT2D eigenvalue weighted by molar-refractivity contribution is 0.255. The zero-order valence-corrected chi connectivity index (χ0v) is 22.6. The molecule has 0 aliphatic heterocycles. The van der Waals surface area contributed by atoms with Gasteiger partial charge in [0.05, 0.1) is 19.3 Å². The van der Waals surface area contributed by atoms with E-state index >= 15 is 0 Å². The highest BCUT2D eigenvalue weighted by Crippen LogP contribution is 2.37. The first-order chi connectivity index (χ1) is 17.9. The predicted molar refractivity (Wildman–Crippen MR) is 146 cm³/mol. The number of hydrogen-bond acceptors (Lipinski definition) is 6. The van der Waals surface area contributed by atoms with E-state index in [9.17, 15) is 5.26 Å². The Labute approximate surface area is 219 Å². The highest BCUT2D eigenvalue weighted by molar-refractivity contribution is 6.99. The van der Waals surface area contributed by atoms with Crippen LogP contribution in [0, 0.1) is 11.3 Å². The Morgan fingerprint density at radius 3 is 1.95 bits per heavy atom. The monoisotopic (exact) mass is 509 g/mol. The summed E-state index contributed by atoms with van der Waals surface area (Å²) in [4.78, 5) is 8.58. The third kappa shape index (κ3) is 5.72. The largest absolute Gasteiger partial charge is 0.497 e. The second-order valence-electron chi connectivity index (χ2n) is 9.72. The standard InChI is InChI=1S/C30H31N3O3Si/c1-30(2,3)37(26-11-7-5-8-12-26,27-13-9-6-10-14-27)36-22-24-20-32-28(19-31)33-29(24)35-21-23-15-17-25(34-4)18-16-23/h5-18,20H,21-22H2,1-4H3. The fourth-order valence-electron chi connectivity index (χ4n) is 4.49. The molecule has 4 rings (SSSR count). The van der Waals surface area contributed by atoms with Crippen molar-refractivity contribution in [1.29, 1.82) is 5.26 Å². The van der Waals surface area contributed by atoms with Gasteiger partial charge >= 0.3 is 0 Å². The van der Waals surface area contributed by atoms with Crippen LogP contribution < -0.4 is 19.8 Å². The van der Waals surface area contributed by atoms with E-state index < -0.39 is 8.32 Å². The van der Waals surface area contributed by atoms with Crippen LogP contribution >= 0.6 is 0 Å². The minimum absolute atomic E-state index is 0.0546. The van der Waals surface area contributed by atoms with E-state index in [0.717, 1.165) is 11.3 Å². The van der Waals surface area contributed by atoms with Crippen molar-refractivity contribution in [2.45, 2.75) is 39.0 Å². The number of methoxy groups -OCH3 is 1. The summed E-state index contributed by atoms with van der Waals surface area (Å²) in [7, 11) is -1.13. The number of nitriles is 1. The molecule has 7 heteroatoms. The van der Waals surface area contributed by atoms with Crippen LogP contribution in [-0.2, 0) is 17.6 Å². The summed E-state index contributed by atoms with van der Waals surface area (Å²) < 4.78 is 18.4. The lowest BCUT2D eigenvalue weighted by Gasteiger charge is -2.43. The molecule has 0 bridgehead atoms. The van der Waals surface area contributed by atoms with E-state index in [1.165, 1.54) is 10.4 Å². The van der Waals surface area contributed by atoms with E-state index in [0.29, 0.717) is 11.4 Å². The third-order valence-electron chi connectivity index (χ3n) is 6.32. The first-order valence-corrected chi connectivity index (χ1v) is 14.0. The average molecular weight is 510 g/mol. The van der Waals surface area contributed by atoms with Crippen LogP contribution in [0.3, 0.4) is 0 Å². The molecule has 1 aromatic heterocycles. The first-order valence-electron chi connectivity index (χ1n) is 12.1. The Morgan fingerprint density at radius 2 is 1.43 bits per heavy atom. The van der Waals surface area contributed by atoms with Crippen molar-refractivity contribution in [2.24, 2.45) is 0 Å². The Balaban J connectivity index is 1.69. The number of rotatable bonds is 9. The summed E-state index contributed by atoms with van der Waals surface area (Å²) in [6, 6.07) is 30.5. The van der Waals surface area contributed by atoms with Crippen LogP contribution in [0.2, 0.25) is 5.04 Å². The molecule has 188 valence electrons. The van der Waals surface area contributed by atoms with Crippen LogP contribution in [0.5, 0.6) is 11.6 Å². The Bertz CT molecular complexity index is 1310. The zero-order chi connectivity index (χ0) is 26.3. The highest BCUT2D eigenvalue weighted by atomic mass is 28.4. The average Bonchev–Trinajstić information content (AvgIpc) is 2.93. The number of ether oxygens (including phenoxy) is 2. The van der Waals surface area contributed by atoms with E-state index in [1.807, 2.05) is 42.5 Å². The molecular formula is C30H31N3O3Si. The minimum Gasteiger partial charge on any atom is -0.497 e. The summed E-state index contributed by atoms with van der Waals surface area (Å²) in [6.45, 7) is 7.23. The van der Waals surface area contributed by atoms with E-state index in [4.69, 9.17) is 13.9 Å². The van der Waals surface area contributed by atoms with Crippen molar-refractivity contribution >= 4 is 18.7 Å². The van der Waals surface area contributed by atoms with Crippen LogP contribution in [0.1, 0.15) is 37.7 Å². The molecule has 0 aliphatic carbocycles. The Hall–Kier alpha value is -3.99. The third-order valence-corrected chi connectivity index (χ3v) is 11.3. The molecule has 0 fully saturated rings. The Kier molecular flexibility index (Phi) is 8.02. The molecule has 6 nitrogen and oxygen atoms in total. The number of benzene rings is 3. The van der Waals surface area contributed by atoms with Gasteiger partial charge in [-0.05, 0) is 33.1 Å². The van der Waals surface area contributed by atoms with Crippen molar-refractivity contribution in [3.63, 3.8) is 0 Å². The maximum absolute atomic E-state index is 9.39. The summed E-state index contributed by atoms with van der Waals surface area (Å²) in [5.41, 5.74) is 1.65. The van der Waals surface area contributed by atoms with Gasteiger partial charge in [0, 0.05) is 6.20 Å². The van der Waals surface area contributed by atoms with Crippen molar-refractivity contribution in [2.75, 3.05) is 7.11 Å². The van der Waals surface area contributed by atoms with Crippen LogP contribution in [0.15, 0.2) is 91.1 Å². The van der Waals surface area contributed by atoms with Crippen LogP contribution in [0.25, 0.3) is 0 Å². The van der Waals surface area contributed by atoms with Gasteiger partial charge in [0.25, 0.3) is 8.32 Å². The quantitative estimate of drug-likeness (QED) is 0.295. The maximum atomic E-state index is 9.39. The summed E-state index contributed by atoms with van der Waals surface area (Å²) in [5.74, 6) is 1.18. The van der Waals surface area contributed by atoms with Crippen LogP contribution in [-0.4, -0.2) is 25.4 Å². The second-order valence-corrected chi connectivity index (χ2v) is 14.0. The summed E-state index contributed by atoms with van der Waals surface area (Å²) >= 11 is 0. The molecule has 37 heavy (non-hydrogen) atoms. The van der Waals surface area contributed by atoms with Gasteiger partial charge in [0.1, 0.15) is 18.4 Å². The second kappa shape index (κ2) is 11.4. The lowest BCUT2D eigenvalue weighted by Crippen LogP contribution is -2.66. The molecule has 0 amide bonds. The number of nitrogens with zero attached hydrogens (tertiary/aromatic N) is 3. The van der Waals surface area contributed by atoms with Crippen LogP contribution in [0.4, 0.5) is 0 Å². The van der Waals surface area contributed by atoms with E-state index in [2.05, 4.69) is 79.3 Å². The molecule has 0 radical (unpaired) electrons. The zero-order valence-electron chi connectivity index (χ0n) is 21.6. The molecule has 1 heterocycles. The SMILES string of the molecule is COc1ccc(COc2nc(C#N)ncc2CO[Si](c2ccccc2)(c2ccccc2)C(C)(C)C)cc1. The molecule has 4 aromatic rings. The molecule has 0 unspecified atom stereocenters. The van der Waals surface area contributed by atoms with Gasteiger partial charge in [-0.3, -0.25) is 0 Å². The predicted octanol–water partition coefficient (Wildman–Crippen LogP) is 5.01. The van der Waals surface area contributed by atoms with Gasteiger partial charge in [0.15, 0.2) is 0 Å². The maximum Gasteiger partial charge on any atom is 0.261 e. The van der Waals surface area contributed by atoms with Crippen molar-refractivity contribution in [1.82, 2.24) is 9.97 Å². The fraction of sp³-hybridized carbons (Fsp3) is 0.233. The molecule has 0 aliphatic rings. The minimum atomic E-state index is -2.76. The Morgan fingerprint density at radius 1 is 0.838 bits per heavy atom. The van der Waals surface area contributed by atoms with E-state index in [-0.39, 0.29) is 24.1 Å². The molecule has 0 N–H and O–H groups in total. The van der Waals surface area contributed by atoms with Gasteiger partial charge in [-0.15, -0.1) is 0 Å². The summed E-state index contributed by atoms with van der Waals surface area (Å²) in [6.07, 6.45) is 1.63. The highest BCUT2D eigenvalue weighted by Gasteiger charge is 2.50. The normalized spacial score (nSPS) is 11.5. The topological polar surface area (TPSA) is 77.3 Å². The van der Waals surface area contributed by atoms with Crippen molar-refractivity contribution < 1.29 is 13.9 Å². The van der Waals surface area contributed by atoms with Crippen molar-refractivity contribution in [3.8, 4) is 17.7 Å². The molecular weight excluding hydrogens is 478 g/mol. The fourth-order valence-corrected chi connectivity index (χ4v) is 9.02. The molecule has 0 saturated heterocycles. The molecule has 0 spiro atoms. The number of hydrogen-bond donors (Lipinski definition) is 0. The lowest BCUT2D eigenvalue weighted by atomic mass is 10.2. The molecule has 3 aromatic carbocycles. The molecule has 0 saturated carbocycles. The van der Waals surface area contributed by atoms with E-state index in [1.54, 1.807) is 13.3 Å². The first kappa shape index (κ1) is 26.1. The number of aromatic nitrogens is 2. The van der Waals surface area contributed by atoms with Gasteiger partial charge in [-0.25, -0.2) is 4.98 Å².